The molecule has 0 bridgehead atoms. The Kier molecular flexibility index (Phi) is 5.32. The lowest BCUT2D eigenvalue weighted by Gasteiger charge is -2.27. The predicted octanol–water partition coefficient (Wildman–Crippen LogP) is 2.97. The Labute approximate surface area is 158 Å². The number of rotatable bonds is 5. The minimum Gasteiger partial charge on any atom is -0.348 e. The van der Waals surface area contributed by atoms with E-state index in [1.165, 1.54) is 0 Å². The highest BCUT2D eigenvalue weighted by atomic mass is 35.5. The Hall–Kier alpha value is -2.34. The number of nitrogens with one attached hydrogen (secondary N) is 1. The van der Waals surface area contributed by atoms with Crippen molar-refractivity contribution in [3.63, 3.8) is 0 Å². The molecule has 0 saturated carbocycles. The smallest absolute Gasteiger partial charge is 0.272 e. The Bertz CT molecular complexity index is 831. The van der Waals surface area contributed by atoms with Gasteiger partial charge in [-0.2, -0.15) is 5.10 Å². The zero-order chi connectivity index (χ0) is 18.8. The summed E-state index contributed by atoms with van der Waals surface area (Å²) in [6.45, 7) is 7.56. The zero-order valence-corrected chi connectivity index (χ0v) is 16.0. The van der Waals surface area contributed by atoms with Crippen molar-refractivity contribution in [2.24, 2.45) is 5.92 Å². The van der Waals surface area contributed by atoms with Crippen LogP contribution < -0.4 is 5.32 Å². The second-order valence-electron chi connectivity index (χ2n) is 6.96. The van der Waals surface area contributed by atoms with Crippen LogP contribution in [0, 0.1) is 5.92 Å². The van der Waals surface area contributed by atoms with Crippen molar-refractivity contribution >= 4 is 23.4 Å². The molecule has 6 nitrogen and oxygen atoms in total. The molecule has 2 aromatic rings. The molecule has 0 unspecified atom stereocenters. The highest BCUT2D eigenvalue weighted by Gasteiger charge is 2.28. The Morgan fingerprint density at radius 1 is 1.27 bits per heavy atom. The summed E-state index contributed by atoms with van der Waals surface area (Å²) >= 11 is 6.20. The number of halogens is 1. The van der Waals surface area contributed by atoms with Gasteiger partial charge >= 0.3 is 0 Å². The van der Waals surface area contributed by atoms with Gasteiger partial charge in [0.05, 0.1) is 6.54 Å². The third-order valence-electron chi connectivity index (χ3n) is 4.78. The van der Waals surface area contributed by atoms with Crippen LogP contribution >= 0.6 is 11.6 Å². The van der Waals surface area contributed by atoms with Crippen LogP contribution in [-0.2, 0) is 13.1 Å². The van der Waals surface area contributed by atoms with Crippen LogP contribution in [0.1, 0.15) is 47.3 Å². The van der Waals surface area contributed by atoms with Gasteiger partial charge in [-0.1, -0.05) is 43.6 Å². The van der Waals surface area contributed by atoms with Gasteiger partial charge in [0.15, 0.2) is 5.69 Å². The van der Waals surface area contributed by atoms with E-state index >= 15 is 0 Å². The van der Waals surface area contributed by atoms with Crippen LogP contribution in [0.3, 0.4) is 0 Å². The molecule has 7 heteroatoms. The molecule has 2 heterocycles. The second-order valence-corrected chi connectivity index (χ2v) is 7.37. The van der Waals surface area contributed by atoms with E-state index in [0.29, 0.717) is 36.3 Å². The average Bonchev–Trinajstić information content (AvgIpc) is 3.04. The number of nitrogens with zero attached hydrogens (tertiary/aromatic N) is 3. The molecule has 1 aliphatic heterocycles. The first-order valence-corrected chi connectivity index (χ1v) is 9.16. The minimum absolute atomic E-state index is 0.0358. The zero-order valence-electron chi connectivity index (χ0n) is 15.2. The van der Waals surface area contributed by atoms with E-state index in [2.05, 4.69) is 10.4 Å². The number of carbonyl (C=O) groups is 2. The molecule has 1 atom stereocenters. The van der Waals surface area contributed by atoms with Crippen molar-refractivity contribution in [1.82, 2.24) is 20.0 Å². The molecule has 1 aromatic carbocycles. The number of hydrogen-bond acceptors (Lipinski definition) is 3. The summed E-state index contributed by atoms with van der Waals surface area (Å²) in [5, 5.41) is 7.87. The third kappa shape index (κ3) is 3.75. The van der Waals surface area contributed by atoms with Gasteiger partial charge in [-0.05, 0) is 24.5 Å². The molecule has 0 spiro atoms. The minimum atomic E-state index is -0.251. The summed E-state index contributed by atoms with van der Waals surface area (Å²) in [4.78, 5) is 26.9. The number of benzene rings is 1. The van der Waals surface area contributed by atoms with Crippen molar-refractivity contribution in [2.45, 2.75) is 39.9 Å². The van der Waals surface area contributed by atoms with Crippen molar-refractivity contribution in [3.8, 4) is 0 Å². The molecular weight excluding hydrogens is 352 g/mol. The van der Waals surface area contributed by atoms with Gasteiger partial charge in [0.1, 0.15) is 5.69 Å². The highest BCUT2D eigenvalue weighted by molar-refractivity contribution is 6.31. The van der Waals surface area contributed by atoms with Crippen molar-refractivity contribution in [3.05, 3.63) is 52.3 Å². The maximum absolute atomic E-state index is 12.8. The lowest BCUT2D eigenvalue weighted by atomic mass is 10.1. The summed E-state index contributed by atoms with van der Waals surface area (Å²) < 4.78 is 1.61. The van der Waals surface area contributed by atoms with E-state index in [0.717, 1.165) is 5.56 Å². The number of carbonyl (C=O) groups excluding carboxylic acids is 2. The van der Waals surface area contributed by atoms with E-state index in [1.54, 1.807) is 15.6 Å². The van der Waals surface area contributed by atoms with Crippen LogP contribution in [0.2, 0.25) is 5.02 Å². The number of hydrogen-bond donors (Lipinski definition) is 1. The second kappa shape index (κ2) is 7.50. The van der Waals surface area contributed by atoms with E-state index < -0.39 is 0 Å². The first-order chi connectivity index (χ1) is 12.4. The topological polar surface area (TPSA) is 67.2 Å². The summed E-state index contributed by atoms with van der Waals surface area (Å²) in [6.07, 6.45) is 0. The molecule has 0 aliphatic carbocycles. The largest absolute Gasteiger partial charge is 0.348 e. The third-order valence-corrected chi connectivity index (χ3v) is 5.15. The SMILES string of the molecule is CC(C)[C@H](C)NC(=O)c1cc2n(n1)CCN(Cc1ccccc1Cl)C2=O. The molecule has 3 rings (SSSR count). The molecule has 0 saturated heterocycles. The summed E-state index contributed by atoms with van der Waals surface area (Å²) in [6, 6.07) is 9.10. The molecule has 138 valence electrons. The Morgan fingerprint density at radius 3 is 2.69 bits per heavy atom. The van der Waals surface area contributed by atoms with Gasteiger partial charge < -0.3 is 10.2 Å². The summed E-state index contributed by atoms with van der Waals surface area (Å²) in [5.41, 5.74) is 1.62. The van der Waals surface area contributed by atoms with Gasteiger partial charge in [-0.25, -0.2) is 0 Å². The normalized spacial score (nSPS) is 15.1. The average molecular weight is 375 g/mol. The van der Waals surface area contributed by atoms with Gasteiger partial charge in [0, 0.05) is 30.2 Å². The summed E-state index contributed by atoms with van der Waals surface area (Å²) in [7, 11) is 0. The monoisotopic (exact) mass is 374 g/mol. The fourth-order valence-corrected chi connectivity index (χ4v) is 2.98. The van der Waals surface area contributed by atoms with Crippen molar-refractivity contribution in [2.75, 3.05) is 6.54 Å². The molecule has 2 amide bonds. The van der Waals surface area contributed by atoms with E-state index in [9.17, 15) is 9.59 Å². The lowest BCUT2D eigenvalue weighted by Crippen LogP contribution is -2.39. The van der Waals surface area contributed by atoms with Crippen LogP contribution in [0.5, 0.6) is 0 Å². The molecule has 1 aliphatic rings. The van der Waals surface area contributed by atoms with Crippen molar-refractivity contribution < 1.29 is 9.59 Å². The molecule has 0 fully saturated rings. The number of aromatic nitrogens is 2. The van der Waals surface area contributed by atoms with Crippen LogP contribution in [0.4, 0.5) is 0 Å². The number of fused-ring (bicyclic) bond motifs is 1. The fourth-order valence-electron chi connectivity index (χ4n) is 2.78. The predicted molar refractivity (Wildman–Crippen MR) is 100 cm³/mol. The lowest BCUT2D eigenvalue weighted by molar-refractivity contribution is 0.0683. The maximum atomic E-state index is 12.8. The first kappa shape index (κ1) is 18.5. The molecule has 1 N–H and O–H groups in total. The van der Waals surface area contributed by atoms with Gasteiger partial charge in [0.25, 0.3) is 11.8 Å². The number of amides is 2. The van der Waals surface area contributed by atoms with Gasteiger partial charge in [0.2, 0.25) is 0 Å². The fraction of sp³-hybridized carbons (Fsp3) is 0.421. The standard InChI is InChI=1S/C19H23ClN4O2/c1-12(2)13(3)21-18(25)16-10-17-19(26)23(8-9-24(17)22-16)11-14-6-4-5-7-15(14)20/h4-7,10,12-13H,8-9,11H2,1-3H3,(H,21,25)/t13-/m0/s1. The highest BCUT2D eigenvalue weighted by Crippen LogP contribution is 2.21. The van der Waals surface area contributed by atoms with Crippen LogP contribution in [-0.4, -0.2) is 39.1 Å². The van der Waals surface area contributed by atoms with Gasteiger partial charge in [-0.3, -0.25) is 14.3 Å². The maximum Gasteiger partial charge on any atom is 0.272 e. The molecular formula is C19H23ClN4O2. The van der Waals surface area contributed by atoms with Crippen LogP contribution in [0.25, 0.3) is 0 Å². The van der Waals surface area contributed by atoms with Crippen molar-refractivity contribution in [1.29, 1.82) is 0 Å². The van der Waals surface area contributed by atoms with E-state index in [1.807, 2.05) is 45.0 Å². The summed E-state index contributed by atoms with van der Waals surface area (Å²) in [5.74, 6) is -0.0675. The molecule has 26 heavy (non-hydrogen) atoms. The first-order valence-electron chi connectivity index (χ1n) is 8.78. The quantitative estimate of drug-likeness (QED) is 0.874. The van der Waals surface area contributed by atoms with Crippen LogP contribution in [0.15, 0.2) is 30.3 Å². The molecule has 1 aromatic heterocycles. The van der Waals surface area contributed by atoms with E-state index in [4.69, 9.17) is 11.6 Å². The van der Waals surface area contributed by atoms with Gasteiger partial charge in [-0.15, -0.1) is 0 Å². The Balaban J connectivity index is 1.75. The molecule has 0 radical (unpaired) electrons. The van der Waals surface area contributed by atoms with E-state index in [-0.39, 0.29) is 23.6 Å². The Morgan fingerprint density at radius 2 is 2.00 bits per heavy atom.